The summed E-state index contributed by atoms with van der Waals surface area (Å²) >= 11 is 0. The molecular formula is C19H15NO. The van der Waals surface area contributed by atoms with Crippen LogP contribution in [0.2, 0.25) is 0 Å². The van der Waals surface area contributed by atoms with E-state index in [4.69, 9.17) is 0 Å². The monoisotopic (exact) mass is 273 g/mol. The maximum atomic E-state index is 12.3. The third kappa shape index (κ3) is 3.00. The van der Waals surface area contributed by atoms with Crippen LogP contribution in [0.25, 0.3) is 10.8 Å². The van der Waals surface area contributed by atoms with Crippen molar-refractivity contribution in [2.24, 2.45) is 0 Å². The number of carbonyl (C=O) groups excluding carboxylic acids is 1. The van der Waals surface area contributed by atoms with Crippen molar-refractivity contribution in [3.63, 3.8) is 0 Å². The minimum atomic E-state index is -0.00442. The first-order chi connectivity index (χ1) is 10.3. The molecule has 0 unspecified atom stereocenters. The molecule has 1 N–H and O–H groups in total. The normalized spacial score (nSPS) is 10.9. The van der Waals surface area contributed by atoms with Gasteiger partial charge in [-0.25, -0.2) is 0 Å². The van der Waals surface area contributed by atoms with Crippen molar-refractivity contribution in [3.05, 3.63) is 90.6 Å². The van der Waals surface area contributed by atoms with Crippen LogP contribution >= 0.6 is 0 Å². The van der Waals surface area contributed by atoms with E-state index in [0.29, 0.717) is 0 Å². The molecule has 0 spiro atoms. The zero-order valence-corrected chi connectivity index (χ0v) is 11.5. The van der Waals surface area contributed by atoms with E-state index in [1.54, 1.807) is 12.3 Å². The van der Waals surface area contributed by atoms with Crippen molar-refractivity contribution in [2.75, 3.05) is 5.32 Å². The Labute approximate surface area is 123 Å². The Bertz CT molecular complexity index is 786. The van der Waals surface area contributed by atoms with Crippen LogP contribution < -0.4 is 5.32 Å². The minimum Gasteiger partial charge on any atom is -0.362 e. The first kappa shape index (κ1) is 13.1. The summed E-state index contributed by atoms with van der Waals surface area (Å²) in [6.07, 6.45) is 3.24. The summed E-state index contributed by atoms with van der Waals surface area (Å²) in [6, 6.07) is 23.4. The molecular weight excluding hydrogens is 258 g/mol. The molecule has 0 aromatic heterocycles. The number of benzene rings is 3. The average molecular weight is 273 g/mol. The molecule has 2 nitrogen and oxygen atoms in total. The van der Waals surface area contributed by atoms with Gasteiger partial charge in [0, 0.05) is 23.5 Å². The Morgan fingerprint density at radius 2 is 1.52 bits per heavy atom. The summed E-state index contributed by atoms with van der Waals surface area (Å²) in [6.45, 7) is 0. The van der Waals surface area contributed by atoms with Crippen LogP contribution in [0.1, 0.15) is 10.4 Å². The van der Waals surface area contributed by atoms with Crippen LogP contribution in [0.5, 0.6) is 0 Å². The third-order valence-corrected chi connectivity index (χ3v) is 3.31. The highest BCUT2D eigenvalue weighted by molar-refractivity contribution is 6.13. The molecule has 0 aliphatic rings. The van der Waals surface area contributed by atoms with Crippen molar-refractivity contribution in [1.29, 1.82) is 0 Å². The molecule has 0 fully saturated rings. The molecule has 0 atom stereocenters. The summed E-state index contributed by atoms with van der Waals surface area (Å²) in [5.41, 5.74) is 1.68. The van der Waals surface area contributed by atoms with E-state index in [1.807, 2.05) is 72.8 Å². The van der Waals surface area contributed by atoms with Gasteiger partial charge in [-0.05, 0) is 22.9 Å². The minimum absolute atomic E-state index is 0.00442. The maximum Gasteiger partial charge on any atom is 0.187 e. The van der Waals surface area contributed by atoms with Gasteiger partial charge >= 0.3 is 0 Å². The molecule has 3 aromatic rings. The van der Waals surface area contributed by atoms with Gasteiger partial charge in [-0.2, -0.15) is 0 Å². The molecule has 0 saturated carbocycles. The van der Waals surface area contributed by atoms with Gasteiger partial charge in [-0.15, -0.1) is 0 Å². The van der Waals surface area contributed by atoms with Crippen molar-refractivity contribution >= 4 is 22.2 Å². The lowest BCUT2D eigenvalue weighted by Gasteiger charge is -2.03. The van der Waals surface area contributed by atoms with Crippen LogP contribution in [-0.4, -0.2) is 5.78 Å². The highest BCUT2D eigenvalue weighted by Gasteiger charge is 2.05. The van der Waals surface area contributed by atoms with E-state index in [9.17, 15) is 4.79 Å². The number of para-hydroxylation sites is 1. The molecule has 0 radical (unpaired) electrons. The van der Waals surface area contributed by atoms with Gasteiger partial charge in [-0.3, -0.25) is 4.79 Å². The smallest absolute Gasteiger partial charge is 0.187 e. The zero-order valence-electron chi connectivity index (χ0n) is 11.5. The number of rotatable bonds is 4. The molecule has 0 heterocycles. The first-order valence-electron chi connectivity index (χ1n) is 6.85. The summed E-state index contributed by atoms with van der Waals surface area (Å²) in [5, 5.41) is 5.15. The van der Waals surface area contributed by atoms with Gasteiger partial charge < -0.3 is 5.32 Å². The summed E-state index contributed by atoms with van der Waals surface area (Å²) in [7, 11) is 0. The summed E-state index contributed by atoms with van der Waals surface area (Å²) in [5.74, 6) is -0.00442. The van der Waals surface area contributed by atoms with Crippen LogP contribution in [0.3, 0.4) is 0 Å². The van der Waals surface area contributed by atoms with E-state index in [-0.39, 0.29) is 5.78 Å². The number of hydrogen-bond acceptors (Lipinski definition) is 2. The first-order valence-corrected chi connectivity index (χ1v) is 6.85. The molecule has 0 aliphatic carbocycles. The second kappa shape index (κ2) is 6.06. The van der Waals surface area contributed by atoms with Crippen molar-refractivity contribution in [3.8, 4) is 0 Å². The van der Waals surface area contributed by atoms with Crippen molar-refractivity contribution < 1.29 is 4.79 Å². The van der Waals surface area contributed by atoms with Gasteiger partial charge in [-0.1, -0.05) is 60.7 Å². The maximum absolute atomic E-state index is 12.3. The molecule has 2 heteroatoms. The molecule has 0 bridgehead atoms. The van der Waals surface area contributed by atoms with Crippen LogP contribution in [0, 0.1) is 0 Å². The predicted molar refractivity (Wildman–Crippen MR) is 87.5 cm³/mol. The van der Waals surface area contributed by atoms with Crippen LogP contribution in [0.15, 0.2) is 85.1 Å². The van der Waals surface area contributed by atoms with E-state index in [2.05, 4.69) is 5.32 Å². The van der Waals surface area contributed by atoms with E-state index in [0.717, 1.165) is 22.0 Å². The Kier molecular flexibility index (Phi) is 3.79. The van der Waals surface area contributed by atoms with Crippen LogP contribution in [-0.2, 0) is 0 Å². The second-order valence-corrected chi connectivity index (χ2v) is 4.73. The topological polar surface area (TPSA) is 29.1 Å². The standard InChI is InChI=1S/C19H15NO/c21-19(13-14-20-16-9-2-1-3-10-16)18-12-6-8-15-7-4-5-11-17(15)18/h1-14,20H/b14-13+. The summed E-state index contributed by atoms with van der Waals surface area (Å²) < 4.78 is 0. The molecule has 21 heavy (non-hydrogen) atoms. The molecule has 0 saturated heterocycles. The lowest BCUT2D eigenvalue weighted by molar-refractivity contribution is 0.104. The summed E-state index contributed by atoms with van der Waals surface area (Å²) in [4.78, 5) is 12.3. The zero-order chi connectivity index (χ0) is 14.5. The highest BCUT2D eigenvalue weighted by atomic mass is 16.1. The molecule has 102 valence electrons. The second-order valence-electron chi connectivity index (χ2n) is 4.73. The van der Waals surface area contributed by atoms with Crippen molar-refractivity contribution in [2.45, 2.75) is 0 Å². The Hall–Kier alpha value is -2.87. The van der Waals surface area contributed by atoms with E-state index < -0.39 is 0 Å². The van der Waals surface area contributed by atoms with Gasteiger partial charge in [0.1, 0.15) is 0 Å². The average Bonchev–Trinajstić information content (AvgIpc) is 2.55. The molecule has 3 rings (SSSR count). The van der Waals surface area contributed by atoms with Crippen molar-refractivity contribution in [1.82, 2.24) is 0 Å². The number of nitrogens with one attached hydrogen (secondary N) is 1. The molecule has 3 aromatic carbocycles. The largest absolute Gasteiger partial charge is 0.362 e. The lowest BCUT2D eigenvalue weighted by Crippen LogP contribution is -1.97. The lowest BCUT2D eigenvalue weighted by atomic mass is 10.0. The fraction of sp³-hybridized carbons (Fsp3) is 0. The van der Waals surface area contributed by atoms with E-state index >= 15 is 0 Å². The van der Waals surface area contributed by atoms with Gasteiger partial charge in [0.25, 0.3) is 0 Å². The number of hydrogen-bond donors (Lipinski definition) is 1. The quantitative estimate of drug-likeness (QED) is 0.554. The number of ketones is 1. The SMILES string of the molecule is O=C(/C=C/Nc1ccccc1)c1cccc2ccccc12. The Morgan fingerprint density at radius 1 is 0.810 bits per heavy atom. The van der Waals surface area contributed by atoms with Crippen LogP contribution in [0.4, 0.5) is 5.69 Å². The number of allylic oxidation sites excluding steroid dienone is 1. The van der Waals surface area contributed by atoms with Gasteiger partial charge in [0.15, 0.2) is 5.78 Å². The van der Waals surface area contributed by atoms with E-state index in [1.165, 1.54) is 0 Å². The highest BCUT2D eigenvalue weighted by Crippen LogP contribution is 2.19. The molecule has 0 aliphatic heterocycles. The fourth-order valence-electron chi connectivity index (χ4n) is 2.28. The third-order valence-electron chi connectivity index (χ3n) is 3.31. The predicted octanol–water partition coefficient (Wildman–Crippen LogP) is 4.65. The number of fused-ring (bicyclic) bond motifs is 1. The number of anilines is 1. The Balaban J connectivity index is 1.81. The Morgan fingerprint density at radius 3 is 2.38 bits per heavy atom. The van der Waals surface area contributed by atoms with Gasteiger partial charge in [0.05, 0.1) is 0 Å². The molecule has 0 amide bonds. The fourth-order valence-corrected chi connectivity index (χ4v) is 2.28. The number of carbonyl (C=O) groups is 1. The van der Waals surface area contributed by atoms with Gasteiger partial charge in [0.2, 0.25) is 0 Å².